The van der Waals surface area contributed by atoms with Gasteiger partial charge in [0.2, 0.25) is 5.88 Å². The van der Waals surface area contributed by atoms with Crippen LogP contribution in [0.5, 0.6) is 17.4 Å². The van der Waals surface area contributed by atoms with Crippen molar-refractivity contribution in [3.8, 4) is 17.4 Å². The number of aromatic amines is 1. The second-order valence-electron chi connectivity index (χ2n) is 6.77. The van der Waals surface area contributed by atoms with Crippen molar-refractivity contribution in [3.63, 3.8) is 0 Å². The minimum absolute atomic E-state index is 0.135. The quantitative estimate of drug-likeness (QED) is 0.548. The fourth-order valence-electron chi connectivity index (χ4n) is 2.69. The highest BCUT2D eigenvalue weighted by Gasteiger charge is 2.13. The molecule has 3 rings (SSSR count). The predicted octanol–water partition coefficient (Wildman–Crippen LogP) is 5.23. The highest BCUT2D eigenvalue weighted by molar-refractivity contribution is 5.97. The zero-order valence-corrected chi connectivity index (χ0v) is 16.1. The third kappa shape index (κ3) is 4.31. The number of methoxy groups -OCH3 is 1. The van der Waals surface area contributed by atoms with Gasteiger partial charge in [-0.3, -0.25) is 4.79 Å². The topological polar surface area (TPSA) is 96.3 Å². The normalized spacial score (nSPS) is 11.4. The molecule has 0 bridgehead atoms. The Morgan fingerprint density at radius 1 is 1.18 bits per heavy atom. The fraction of sp³-hybridized carbons (Fsp3) is 0.286. The molecule has 0 unspecified atom stereocenters. The van der Waals surface area contributed by atoms with Crippen LogP contribution in [-0.4, -0.2) is 29.7 Å². The van der Waals surface area contributed by atoms with Crippen LogP contribution in [0.2, 0.25) is 0 Å². The van der Waals surface area contributed by atoms with Crippen LogP contribution < -0.4 is 9.47 Å². The Hall–Kier alpha value is -3.35. The molecule has 2 N–H and O–H groups in total. The van der Waals surface area contributed by atoms with Crippen molar-refractivity contribution in [1.82, 2.24) is 4.98 Å². The van der Waals surface area contributed by atoms with Crippen LogP contribution in [0.3, 0.4) is 0 Å². The van der Waals surface area contributed by atoms with E-state index in [-0.39, 0.29) is 11.6 Å². The summed E-state index contributed by atoms with van der Waals surface area (Å²) < 4.78 is 11.1. The summed E-state index contributed by atoms with van der Waals surface area (Å²) in [5, 5.41) is 18.4. The van der Waals surface area contributed by atoms with Crippen molar-refractivity contribution >= 4 is 22.5 Å². The highest BCUT2D eigenvalue weighted by Crippen LogP contribution is 2.35. The molecule has 7 nitrogen and oxygen atoms in total. The number of H-pyrrole nitrogens is 1. The average molecular weight is 381 g/mol. The summed E-state index contributed by atoms with van der Waals surface area (Å²) in [5.74, 6) is 0.889. The second-order valence-corrected chi connectivity index (χ2v) is 6.77. The summed E-state index contributed by atoms with van der Waals surface area (Å²) in [7, 11) is 1.52. The summed E-state index contributed by atoms with van der Waals surface area (Å²) in [6.07, 6.45) is 0.923. The summed E-state index contributed by atoms with van der Waals surface area (Å²) in [4.78, 5) is 15.2. The maximum Gasteiger partial charge on any atom is 0.295 e. The summed E-state index contributed by atoms with van der Waals surface area (Å²) in [6.45, 7) is 4.82. The van der Waals surface area contributed by atoms with Gasteiger partial charge in [0.05, 0.1) is 19.2 Å². The lowest BCUT2D eigenvalue weighted by atomic mass is 10.1. The van der Waals surface area contributed by atoms with E-state index in [1.54, 1.807) is 30.3 Å². The first kappa shape index (κ1) is 19.4. The highest BCUT2D eigenvalue weighted by atomic mass is 16.5. The standard InChI is InChI=1S/C21H23N3O4/c1-13(2)10-11-28-17-9-8-14(12-18(17)27-3)20(25)24-23-19-15-6-4-5-7-16(15)22-21(19)26/h4-9,12-13,22,26H,10-11H2,1-3H3. The summed E-state index contributed by atoms with van der Waals surface area (Å²) in [6, 6.07) is 12.1. The number of rotatable bonds is 7. The summed E-state index contributed by atoms with van der Waals surface area (Å²) >= 11 is 0. The number of para-hydroxylation sites is 1. The number of aromatic nitrogens is 1. The van der Waals surface area contributed by atoms with Crippen molar-refractivity contribution < 1.29 is 19.4 Å². The Labute approximate surface area is 163 Å². The van der Waals surface area contributed by atoms with E-state index in [1.165, 1.54) is 7.11 Å². The van der Waals surface area contributed by atoms with Gasteiger partial charge in [0.1, 0.15) is 0 Å². The van der Waals surface area contributed by atoms with E-state index in [9.17, 15) is 9.90 Å². The molecule has 0 aliphatic rings. The molecule has 1 amide bonds. The molecule has 7 heteroatoms. The number of amides is 1. The van der Waals surface area contributed by atoms with Gasteiger partial charge in [0, 0.05) is 10.9 Å². The Balaban J connectivity index is 1.78. The molecular formula is C21H23N3O4. The number of carbonyl (C=O) groups is 1. The van der Waals surface area contributed by atoms with Crippen LogP contribution in [0.1, 0.15) is 30.6 Å². The third-order valence-electron chi connectivity index (χ3n) is 4.26. The van der Waals surface area contributed by atoms with Crippen LogP contribution in [0.4, 0.5) is 5.69 Å². The molecule has 0 aliphatic heterocycles. The maximum atomic E-state index is 12.4. The lowest BCUT2D eigenvalue weighted by Crippen LogP contribution is -2.03. The fourth-order valence-corrected chi connectivity index (χ4v) is 2.69. The molecule has 0 spiro atoms. The van der Waals surface area contributed by atoms with Gasteiger partial charge in [-0.25, -0.2) is 0 Å². The first-order valence-electron chi connectivity index (χ1n) is 9.06. The largest absolute Gasteiger partial charge is 0.493 e. The van der Waals surface area contributed by atoms with Gasteiger partial charge in [-0.1, -0.05) is 32.0 Å². The number of ether oxygens (including phenoxy) is 2. The zero-order valence-electron chi connectivity index (χ0n) is 16.1. The lowest BCUT2D eigenvalue weighted by molar-refractivity contribution is 0.0994. The Kier molecular flexibility index (Phi) is 5.93. The molecule has 0 radical (unpaired) electrons. The van der Waals surface area contributed by atoms with Crippen molar-refractivity contribution in [2.45, 2.75) is 20.3 Å². The van der Waals surface area contributed by atoms with Crippen molar-refractivity contribution in [2.75, 3.05) is 13.7 Å². The van der Waals surface area contributed by atoms with E-state index in [0.717, 1.165) is 6.42 Å². The number of fused-ring (bicyclic) bond motifs is 1. The van der Waals surface area contributed by atoms with Crippen molar-refractivity contribution in [1.29, 1.82) is 0 Å². The predicted molar refractivity (Wildman–Crippen MR) is 107 cm³/mol. The molecule has 1 aromatic heterocycles. The van der Waals surface area contributed by atoms with E-state index < -0.39 is 5.91 Å². The van der Waals surface area contributed by atoms with Crippen LogP contribution >= 0.6 is 0 Å². The van der Waals surface area contributed by atoms with Crippen LogP contribution in [0.15, 0.2) is 52.7 Å². The molecule has 1 heterocycles. The molecule has 0 saturated heterocycles. The van der Waals surface area contributed by atoms with E-state index >= 15 is 0 Å². The molecule has 0 fully saturated rings. The van der Waals surface area contributed by atoms with Crippen LogP contribution in [0.25, 0.3) is 10.9 Å². The number of nitrogens with zero attached hydrogens (tertiary/aromatic N) is 2. The monoisotopic (exact) mass is 381 g/mol. The number of hydrogen-bond donors (Lipinski definition) is 2. The first-order valence-corrected chi connectivity index (χ1v) is 9.06. The van der Waals surface area contributed by atoms with Crippen LogP contribution in [-0.2, 0) is 0 Å². The van der Waals surface area contributed by atoms with Gasteiger partial charge >= 0.3 is 0 Å². The first-order chi connectivity index (χ1) is 13.5. The van der Waals surface area contributed by atoms with Gasteiger partial charge in [-0.2, -0.15) is 0 Å². The smallest absolute Gasteiger partial charge is 0.295 e. The molecule has 0 atom stereocenters. The minimum Gasteiger partial charge on any atom is -0.493 e. The molecular weight excluding hydrogens is 358 g/mol. The van der Waals surface area contributed by atoms with Gasteiger partial charge < -0.3 is 19.6 Å². The van der Waals surface area contributed by atoms with Gasteiger partial charge in [0.25, 0.3) is 5.91 Å². The number of azo groups is 1. The number of aromatic hydroxyl groups is 1. The van der Waals surface area contributed by atoms with Crippen molar-refractivity contribution in [2.24, 2.45) is 16.1 Å². The van der Waals surface area contributed by atoms with E-state index in [4.69, 9.17) is 9.47 Å². The van der Waals surface area contributed by atoms with Gasteiger partial charge in [-0.05, 0) is 36.6 Å². The maximum absolute atomic E-state index is 12.4. The lowest BCUT2D eigenvalue weighted by Gasteiger charge is -2.12. The molecule has 0 aliphatic carbocycles. The third-order valence-corrected chi connectivity index (χ3v) is 4.26. The van der Waals surface area contributed by atoms with Crippen molar-refractivity contribution in [3.05, 3.63) is 48.0 Å². The molecule has 3 aromatic rings. The number of carbonyl (C=O) groups excluding carboxylic acids is 1. The second kappa shape index (κ2) is 8.56. The number of benzene rings is 2. The average Bonchev–Trinajstić information content (AvgIpc) is 3.01. The molecule has 0 saturated carbocycles. The zero-order chi connectivity index (χ0) is 20.1. The Morgan fingerprint density at radius 3 is 2.71 bits per heavy atom. The Bertz CT molecular complexity index is 1010. The summed E-state index contributed by atoms with van der Waals surface area (Å²) in [5.41, 5.74) is 1.26. The number of hydrogen-bond acceptors (Lipinski definition) is 5. The van der Waals surface area contributed by atoms with Gasteiger partial charge in [0.15, 0.2) is 17.2 Å². The van der Waals surface area contributed by atoms with E-state index in [0.29, 0.717) is 40.5 Å². The molecule has 146 valence electrons. The van der Waals surface area contributed by atoms with E-state index in [1.807, 2.05) is 12.1 Å². The molecule has 2 aromatic carbocycles. The minimum atomic E-state index is -0.545. The number of nitrogens with one attached hydrogen (secondary N) is 1. The SMILES string of the molecule is COc1cc(C(=O)N=Nc2c(O)[nH]c3ccccc23)ccc1OCCC(C)C. The molecule has 28 heavy (non-hydrogen) atoms. The Morgan fingerprint density at radius 2 is 1.96 bits per heavy atom. The van der Waals surface area contributed by atoms with Crippen LogP contribution in [0, 0.1) is 5.92 Å². The van der Waals surface area contributed by atoms with Gasteiger partial charge in [-0.15, -0.1) is 10.2 Å². The van der Waals surface area contributed by atoms with E-state index in [2.05, 4.69) is 29.1 Å².